The van der Waals surface area contributed by atoms with E-state index in [-0.39, 0.29) is 12.2 Å². The molecule has 0 saturated carbocycles. The van der Waals surface area contributed by atoms with Gasteiger partial charge in [0.2, 0.25) is 0 Å². The molecule has 0 saturated heterocycles. The van der Waals surface area contributed by atoms with Crippen molar-refractivity contribution in [3.05, 3.63) is 83.5 Å². The van der Waals surface area contributed by atoms with Gasteiger partial charge >= 0.3 is 0 Å². The normalized spacial score (nSPS) is 10.9. The van der Waals surface area contributed by atoms with Crippen molar-refractivity contribution in [1.29, 1.82) is 0 Å². The monoisotopic (exact) mass is 382 g/mol. The van der Waals surface area contributed by atoms with Crippen LogP contribution in [0.25, 0.3) is 5.65 Å². The van der Waals surface area contributed by atoms with Crippen LogP contribution in [-0.4, -0.2) is 25.1 Å². The Balaban J connectivity index is 1.67. The molecule has 4 rings (SSSR count). The SMILES string of the molecule is O=C(Cc1ccc(F)cn1)c1cc(Oc2cncc(Cl)c2)cn2ccnc12. The zero-order valence-electron chi connectivity index (χ0n) is 13.8. The minimum atomic E-state index is -0.452. The number of hydrogen-bond acceptors (Lipinski definition) is 5. The molecular weight excluding hydrogens is 371 g/mol. The van der Waals surface area contributed by atoms with E-state index >= 15 is 0 Å². The predicted molar refractivity (Wildman–Crippen MR) is 96.7 cm³/mol. The highest BCUT2D eigenvalue weighted by atomic mass is 35.5. The standard InChI is InChI=1S/C19H12ClFN4O2/c20-12-5-15(10-22-8-12)27-16-7-17(19-23-3-4-25(19)11-16)18(26)6-14-2-1-13(21)9-24-14/h1-5,7-11H,6H2. The van der Waals surface area contributed by atoms with Gasteiger partial charge in [0.15, 0.2) is 5.78 Å². The molecule has 0 fully saturated rings. The van der Waals surface area contributed by atoms with Gasteiger partial charge < -0.3 is 9.14 Å². The summed E-state index contributed by atoms with van der Waals surface area (Å²) in [5.74, 6) is 0.216. The maximum absolute atomic E-state index is 13.0. The molecule has 134 valence electrons. The van der Waals surface area contributed by atoms with Crippen LogP contribution < -0.4 is 4.74 Å². The zero-order chi connectivity index (χ0) is 18.8. The summed E-state index contributed by atoms with van der Waals surface area (Å²) in [6.45, 7) is 0. The Bertz CT molecular complexity index is 1130. The number of fused-ring (bicyclic) bond motifs is 1. The van der Waals surface area contributed by atoms with Crippen LogP contribution in [0.3, 0.4) is 0 Å². The molecule has 8 heteroatoms. The van der Waals surface area contributed by atoms with Gasteiger partial charge in [-0.05, 0) is 18.2 Å². The lowest BCUT2D eigenvalue weighted by Gasteiger charge is -2.09. The largest absolute Gasteiger partial charge is 0.454 e. The number of pyridine rings is 3. The molecule has 0 radical (unpaired) electrons. The molecule has 0 N–H and O–H groups in total. The summed E-state index contributed by atoms with van der Waals surface area (Å²) in [5, 5.41) is 0.440. The molecule has 0 amide bonds. The molecular formula is C19H12ClFN4O2. The Labute approximate surface area is 158 Å². The van der Waals surface area contributed by atoms with E-state index in [1.807, 2.05) is 0 Å². The Hall–Kier alpha value is -3.32. The van der Waals surface area contributed by atoms with Gasteiger partial charge in [-0.2, -0.15) is 0 Å². The third-order valence-corrected chi connectivity index (χ3v) is 4.02. The van der Waals surface area contributed by atoms with Crippen LogP contribution in [0, 0.1) is 5.82 Å². The predicted octanol–water partition coefficient (Wildman–Crippen LogP) is 4.13. The minimum Gasteiger partial charge on any atom is -0.454 e. The second-order valence-electron chi connectivity index (χ2n) is 5.76. The lowest BCUT2D eigenvalue weighted by atomic mass is 10.1. The highest BCUT2D eigenvalue weighted by Gasteiger charge is 2.16. The molecule has 4 aromatic rings. The number of nitrogens with zero attached hydrogens (tertiary/aromatic N) is 4. The van der Waals surface area contributed by atoms with Crippen molar-refractivity contribution in [3.8, 4) is 11.5 Å². The van der Waals surface area contributed by atoms with Gasteiger partial charge in [0.05, 0.1) is 35.6 Å². The Kier molecular flexibility index (Phi) is 4.52. The first-order valence-electron chi connectivity index (χ1n) is 7.97. The Morgan fingerprint density at radius 2 is 2.04 bits per heavy atom. The van der Waals surface area contributed by atoms with Crippen molar-refractivity contribution in [3.63, 3.8) is 0 Å². The van der Waals surface area contributed by atoms with Gasteiger partial charge in [-0.15, -0.1) is 0 Å². The average molecular weight is 383 g/mol. The summed E-state index contributed by atoms with van der Waals surface area (Å²) in [6.07, 6.45) is 9.13. The quantitative estimate of drug-likeness (QED) is 0.485. The number of carbonyl (C=O) groups excluding carboxylic acids is 1. The minimum absolute atomic E-state index is 0.0188. The van der Waals surface area contributed by atoms with Crippen molar-refractivity contribution < 1.29 is 13.9 Å². The summed E-state index contributed by atoms with van der Waals surface area (Å²) >= 11 is 5.93. The highest BCUT2D eigenvalue weighted by Crippen LogP contribution is 2.26. The third-order valence-electron chi connectivity index (χ3n) is 3.81. The van der Waals surface area contributed by atoms with Crippen molar-refractivity contribution in [2.75, 3.05) is 0 Å². The van der Waals surface area contributed by atoms with Crippen LogP contribution in [0.5, 0.6) is 11.5 Å². The van der Waals surface area contributed by atoms with Crippen LogP contribution in [0.2, 0.25) is 5.02 Å². The first-order chi connectivity index (χ1) is 13.1. The van der Waals surface area contributed by atoms with Crippen LogP contribution in [0.15, 0.2) is 61.4 Å². The molecule has 4 heterocycles. The summed E-state index contributed by atoms with van der Waals surface area (Å²) in [6, 6.07) is 5.98. The van der Waals surface area contributed by atoms with Gasteiger partial charge in [0.25, 0.3) is 0 Å². The number of imidazole rings is 1. The second kappa shape index (κ2) is 7.13. The van der Waals surface area contributed by atoms with Crippen LogP contribution >= 0.6 is 11.6 Å². The van der Waals surface area contributed by atoms with Gasteiger partial charge in [0, 0.05) is 30.4 Å². The fourth-order valence-electron chi connectivity index (χ4n) is 2.62. The Morgan fingerprint density at radius 3 is 2.81 bits per heavy atom. The van der Waals surface area contributed by atoms with Gasteiger partial charge in [-0.1, -0.05) is 11.6 Å². The maximum atomic E-state index is 13.0. The van der Waals surface area contributed by atoms with E-state index in [0.29, 0.717) is 33.4 Å². The number of Topliss-reactive ketones (excluding diaryl/α,β-unsaturated/α-hetero) is 1. The summed E-state index contributed by atoms with van der Waals surface area (Å²) in [5.41, 5.74) is 1.34. The van der Waals surface area contributed by atoms with E-state index in [1.165, 1.54) is 24.5 Å². The van der Waals surface area contributed by atoms with Crippen molar-refractivity contribution >= 4 is 23.0 Å². The first kappa shape index (κ1) is 17.1. The number of halogens is 2. The van der Waals surface area contributed by atoms with Crippen molar-refractivity contribution in [2.45, 2.75) is 6.42 Å². The van der Waals surface area contributed by atoms with Crippen LogP contribution in [0.4, 0.5) is 4.39 Å². The molecule has 27 heavy (non-hydrogen) atoms. The maximum Gasteiger partial charge on any atom is 0.172 e. The van der Waals surface area contributed by atoms with Gasteiger partial charge in [0.1, 0.15) is 23.0 Å². The third kappa shape index (κ3) is 3.78. The van der Waals surface area contributed by atoms with Crippen molar-refractivity contribution in [2.24, 2.45) is 0 Å². The second-order valence-corrected chi connectivity index (χ2v) is 6.19. The summed E-state index contributed by atoms with van der Waals surface area (Å²) in [4.78, 5) is 24.9. The van der Waals surface area contributed by atoms with Gasteiger partial charge in [-0.25, -0.2) is 9.37 Å². The van der Waals surface area contributed by atoms with Crippen LogP contribution in [-0.2, 0) is 6.42 Å². The molecule has 4 aromatic heterocycles. The summed E-state index contributed by atoms with van der Waals surface area (Å²) < 4.78 is 20.5. The van der Waals surface area contributed by atoms with E-state index in [0.717, 1.165) is 6.20 Å². The lowest BCUT2D eigenvalue weighted by molar-refractivity contribution is 0.0992. The fourth-order valence-corrected chi connectivity index (χ4v) is 2.79. The summed E-state index contributed by atoms with van der Waals surface area (Å²) in [7, 11) is 0. The van der Waals surface area contributed by atoms with E-state index in [2.05, 4.69) is 15.0 Å². The highest BCUT2D eigenvalue weighted by molar-refractivity contribution is 6.30. The number of ether oxygens (including phenoxy) is 1. The molecule has 6 nitrogen and oxygen atoms in total. The topological polar surface area (TPSA) is 69.4 Å². The zero-order valence-corrected chi connectivity index (χ0v) is 14.6. The molecule has 0 unspecified atom stereocenters. The first-order valence-corrected chi connectivity index (χ1v) is 8.35. The molecule has 0 spiro atoms. The smallest absolute Gasteiger partial charge is 0.172 e. The number of carbonyl (C=O) groups is 1. The molecule has 0 aliphatic heterocycles. The Morgan fingerprint density at radius 1 is 1.15 bits per heavy atom. The number of hydrogen-bond donors (Lipinski definition) is 0. The lowest BCUT2D eigenvalue weighted by Crippen LogP contribution is -2.08. The van der Waals surface area contributed by atoms with E-state index in [9.17, 15) is 9.18 Å². The average Bonchev–Trinajstić information content (AvgIpc) is 3.11. The molecule has 0 aromatic carbocycles. The van der Waals surface area contributed by atoms with Gasteiger partial charge in [-0.3, -0.25) is 14.8 Å². The fraction of sp³-hybridized carbons (Fsp3) is 0.0526. The number of aromatic nitrogens is 4. The number of rotatable bonds is 5. The molecule has 0 atom stereocenters. The van der Waals surface area contributed by atoms with E-state index < -0.39 is 5.82 Å². The molecule has 0 aliphatic rings. The van der Waals surface area contributed by atoms with Crippen molar-refractivity contribution in [1.82, 2.24) is 19.4 Å². The molecule has 0 bridgehead atoms. The molecule has 0 aliphatic carbocycles. The van der Waals surface area contributed by atoms with E-state index in [4.69, 9.17) is 16.3 Å². The van der Waals surface area contributed by atoms with Crippen LogP contribution in [0.1, 0.15) is 16.1 Å². The van der Waals surface area contributed by atoms with E-state index in [1.54, 1.807) is 35.1 Å². The number of ketones is 1.